The molecule has 2 bridgehead atoms. The van der Waals surface area contributed by atoms with E-state index in [2.05, 4.69) is 30.3 Å². The van der Waals surface area contributed by atoms with Gasteiger partial charge in [-0.2, -0.15) is 0 Å². The summed E-state index contributed by atoms with van der Waals surface area (Å²) in [5.74, 6) is 0. The van der Waals surface area contributed by atoms with Crippen molar-refractivity contribution in [1.82, 2.24) is 4.90 Å². The number of ether oxygens (including phenoxy) is 1. The molecule has 2 aliphatic rings. The maximum atomic E-state index is 13.0. The van der Waals surface area contributed by atoms with Crippen LogP contribution in [0.15, 0.2) is 83.3 Å². The molecule has 1 aromatic heterocycles. The Morgan fingerprint density at radius 1 is 0.938 bits per heavy atom. The van der Waals surface area contributed by atoms with Crippen molar-refractivity contribution in [3.63, 3.8) is 0 Å². The first-order valence-corrected chi connectivity index (χ1v) is 11.4. The largest absolute Gasteiger partial charge is 0.456 e. The van der Waals surface area contributed by atoms with Crippen molar-refractivity contribution in [2.75, 3.05) is 0 Å². The fourth-order valence-corrected chi connectivity index (χ4v) is 5.25. The highest BCUT2D eigenvalue weighted by Gasteiger charge is 2.38. The Morgan fingerprint density at radius 2 is 1.75 bits per heavy atom. The predicted octanol–water partition coefficient (Wildman–Crippen LogP) is 6.93. The minimum Gasteiger partial charge on any atom is -0.456 e. The van der Waals surface area contributed by atoms with Crippen molar-refractivity contribution >= 4 is 33.6 Å². The van der Waals surface area contributed by atoms with E-state index >= 15 is 0 Å². The molecule has 1 fully saturated rings. The first-order chi connectivity index (χ1) is 15.8. The van der Waals surface area contributed by atoms with Gasteiger partial charge in [-0.15, -0.1) is 0 Å². The lowest BCUT2D eigenvalue weighted by Crippen LogP contribution is -2.51. The van der Waals surface area contributed by atoms with E-state index in [1.807, 2.05) is 53.4 Å². The van der Waals surface area contributed by atoms with Gasteiger partial charge in [0.2, 0.25) is 0 Å². The summed E-state index contributed by atoms with van der Waals surface area (Å²) in [6.45, 7) is 0.316. The number of nitrogens with zero attached hydrogens (tertiary/aromatic N) is 1. The molecule has 4 aromatic rings. The number of amides is 1. The van der Waals surface area contributed by atoms with E-state index in [4.69, 9.17) is 9.15 Å². The zero-order valence-electron chi connectivity index (χ0n) is 17.9. The van der Waals surface area contributed by atoms with E-state index in [0.29, 0.717) is 6.61 Å². The van der Waals surface area contributed by atoms with Gasteiger partial charge in [0, 0.05) is 16.8 Å². The van der Waals surface area contributed by atoms with Gasteiger partial charge in [-0.05, 0) is 60.6 Å². The number of benzene rings is 3. The highest BCUT2D eigenvalue weighted by molar-refractivity contribution is 6.05. The molecule has 2 aliphatic heterocycles. The molecule has 0 aliphatic carbocycles. The molecule has 32 heavy (non-hydrogen) atoms. The van der Waals surface area contributed by atoms with E-state index in [-0.39, 0.29) is 18.2 Å². The summed E-state index contributed by atoms with van der Waals surface area (Å²) in [5.41, 5.74) is 5.39. The predicted molar refractivity (Wildman–Crippen MR) is 126 cm³/mol. The number of fused-ring (bicyclic) bond motifs is 5. The van der Waals surface area contributed by atoms with Crippen LogP contribution >= 0.6 is 0 Å². The number of piperidine rings is 1. The van der Waals surface area contributed by atoms with Gasteiger partial charge in [0.05, 0.1) is 6.04 Å². The number of para-hydroxylation sites is 1. The van der Waals surface area contributed by atoms with Crippen LogP contribution in [-0.2, 0) is 11.3 Å². The van der Waals surface area contributed by atoms with Crippen LogP contribution in [0.25, 0.3) is 27.5 Å². The number of furan rings is 1. The van der Waals surface area contributed by atoms with Gasteiger partial charge >= 0.3 is 6.09 Å². The molecule has 1 saturated heterocycles. The Bertz CT molecular complexity index is 1320. The van der Waals surface area contributed by atoms with Crippen LogP contribution in [0.5, 0.6) is 0 Å². The Labute approximate surface area is 187 Å². The second-order valence-electron chi connectivity index (χ2n) is 8.80. The zero-order valence-corrected chi connectivity index (χ0v) is 17.9. The van der Waals surface area contributed by atoms with Crippen molar-refractivity contribution in [3.05, 3.63) is 90.0 Å². The molecule has 0 N–H and O–H groups in total. The van der Waals surface area contributed by atoms with Crippen LogP contribution in [0.3, 0.4) is 0 Å². The van der Waals surface area contributed by atoms with E-state index in [1.165, 1.54) is 11.1 Å². The maximum absolute atomic E-state index is 13.0. The van der Waals surface area contributed by atoms with Crippen molar-refractivity contribution < 1.29 is 13.9 Å². The molecule has 4 nitrogen and oxygen atoms in total. The number of carbonyl (C=O) groups excluding carboxylic acids is 1. The Hall–Kier alpha value is -3.53. The molecular formula is C28H25NO3. The van der Waals surface area contributed by atoms with Gasteiger partial charge in [0.1, 0.15) is 17.8 Å². The third-order valence-corrected chi connectivity index (χ3v) is 6.80. The average Bonchev–Trinajstić information content (AvgIpc) is 3.20. The average molecular weight is 424 g/mol. The van der Waals surface area contributed by atoms with Gasteiger partial charge in [0.15, 0.2) is 0 Å². The van der Waals surface area contributed by atoms with Crippen molar-refractivity contribution in [2.24, 2.45) is 0 Å². The Kier molecular flexibility index (Phi) is 4.71. The molecule has 6 rings (SSSR count). The minimum absolute atomic E-state index is 0.0950. The summed E-state index contributed by atoms with van der Waals surface area (Å²) in [6, 6.07) is 24.8. The van der Waals surface area contributed by atoms with Crippen LogP contribution in [-0.4, -0.2) is 23.1 Å². The lowest BCUT2D eigenvalue weighted by molar-refractivity contribution is 0.0510. The fraction of sp³-hybridized carbons (Fsp3) is 0.250. The van der Waals surface area contributed by atoms with Gasteiger partial charge < -0.3 is 9.15 Å². The molecule has 0 spiro atoms. The molecule has 3 heterocycles. The molecule has 2 atom stereocenters. The highest BCUT2D eigenvalue weighted by atomic mass is 16.6. The second-order valence-corrected chi connectivity index (χ2v) is 8.80. The number of rotatable bonds is 3. The lowest BCUT2D eigenvalue weighted by Gasteiger charge is -2.44. The quantitative estimate of drug-likeness (QED) is 0.359. The first kappa shape index (κ1) is 19.2. The highest BCUT2D eigenvalue weighted by Crippen LogP contribution is 2.39. The fourth-order valence-electron chi connectivity index (χ4n) is 5.25. The summed E-state index contributed by atoms with van der Waals surface area (Å²) in [5, 5.41) is 2.29. The van der Waals surface area contributed by atoms with Crippen LogP contribution in [0.4, 0.5) is 4.79 Å². The van der Waals surface area contributed by atoms with Crippen molar-refractivity contribution in [2.45, 2.75) is 44.4 Å². The third-order valence-electron chi connectivity index (χ3n) is 6.80. The van der Waals surface area contributed by atoms with E-state index < -0.39 is 0 Å². The molecule has 1 amide bonds. The topological polar surface area (TPSA) is 42.7 Å². The van der Waals surface area contributed by atoms with Crippen LogP contribution < -0.4 is 0 Å². The molecular weight excluding hydrogens is 398 g/mol. The SMILES string of the molecule is O=C(OCc1ccccc1)N1C2C=C(c3ccc4oc5ccccc5c4c3)CC1CCC2. The smallest absolute Gasteiger partial charge is 0.410 e. The summed E-state index contributed by atoms with van der Waals surface area (Å²) in [6.07, 6.45) is 6.09. The molecule has 2 unspecified atom stereocenters. The van der Waals surface area contributed by atoms with E-state index in [9.17, 15) is 4.79 Å². The minimum atomic E-state index is -0.199. The zero-order chi connectivity index (χ0) is 21.5. The first-order valence-electron chi connectivity index (χ1n) is 11.4. The number of carbonyl (C=O) groups is 1. The summed E-state index contributed by atoms with van der Waals surface area (Å²) < 4.78 is 11.7. The van der Waals surface area contributed by atoms with Crippen LogP contribution in [0.2, 0.25) is 0 Å². The monoisotopic (exact) mass is 423 g/mol. The summed E-state index contributed by atoms with van der Waals surface area (Å²) in [4.78, 5) is 15.0. The normalized spacial score (nSPS) is 20.4. The second kappa shape index (κ2) is 7.86. The van der Waals surface area contributed by atoms with Gasteiger partial charge in [-0.25, -0.2) is 4.79 Å². The third kappa shape index (κ3) is 3.36. The number of hydrogen-bond acceptors (Lipinski definition) is 3. The van der Waals surface area contributed by atoms with Gasteiger partial charge in [-0.3, -0.25) is 4.90 Å². The van der Waals surface area contributed by atoms with Crippen molar-refractivity contribution in [1.29, 1.82) is 0 Å². The van der Waals surface area contributed by atoms with Gasteiger partial charge in [0.25, 0.3) is 0 Å². The Morgan fingerprint density at radius 3 is 2.62 bits per heavy atom. The molecule has 3 aromatic carbocycles. The molecule has 0 radical (unpaired) electrons. The van der Waals surface area contributed by atoms with Crippen LogP contribution in [0, 0.1) is 0 Å². The van der Waals surface area contributed by atoms with Crippen molar-refractivity contribution in [3.8, 4) is 0 Å². The summed E-state index contributed by atoms with van der Waals surface area (Å²) >= 11 is 0. The Balaban J connectivity index is 1.27. The standard InChI is InChI=1S/C28H25NO3/c30-28(31-18-19-7-2-1-3-8-19)29-22-9-6-10-23(29)16-21(15-22)20-13-14-27-25(17-20)24-11-4-5-12-26(24)32-27/h1-5,7-8,11-15,17,22-23H,6,9-10,16,18H2. The van der Waals surface area contributed by atoms with Gasteiger partial charge in [-0.1, -0.05) is 60.7 Å². The maximum Gasteiger partial charge on any atom is 0.410 e. The summed E-state index contributed by atoms with van der Waals surface area (Å²) in [7, 11) is 0. The van der Waals surface area contributed by atoms with E-state index in [0.717, 1.165) is 53.2 Å². The molecule has 4 heteroatoms. The molecule has 0 saturated carbocycles. The number of hydrogen-bond donors (Lipinski definition) is 0. The van der Waals surface area contributed by atoms with Crippen LogP contribution in [0.1, 0.15) is 36.8 Å². The lowest BCUT2D eigenvalue weighted by atomic mass is 9.83. The molecule has 160 valence electrons. The van der Waals surface area contributed by atoms with E-state index in [1.54, 1.807) is 0 Å².